The molecule has 0 bridgehead atoms. The lowest BCUT2D eigenvalue weighted by atomic mass is 10.1. The van der Waals surface area contributed by atoms with Crippen LogP contribution in [0.1, 0.15) is 19.8 Å². The van der Waals surface area contributed by atoms with E-state index in [1.165, 1.54) is 6.92 Å². The minimum Gasteiger partial charge on any atom is -0.442 e. The number of aliphatic hydroxyl groups is 1. The van der Waals surface area contributed by atoms with Crippen LogP contribution < -0.4 is 15.1 Å². The molecule has 2 saturated heterocycles. The Bertz CT molecular complexity index is 596. The van der Waals surface area contributed by atoms with Crippen molar-refractivity contribution in [2.45, 2.75) is 32.0 Å². The van der Waals surface area contributed by atoms with Gasteiger partial charge in [-0.15, -0.1) is 0 Å². The van der Waals surface area contributed by atoms with E-state index in [1.54, 1.807) is 4.90 Å². The Balaban J connectivity index is 1.61. The summed E-state index contributed by atoms with van der Waals surface area (Å²) in [6, 6.07) is 7.79. The second-order valence-electron chi connectivity index (χ2n) is 6.29. The van der Waals surface area contributed by atoms with Gasteiger partial charge in [-0.1, -0.05) is 0 Å². The van der Waals surface area contributed by atoms with Gasteiger partial charge in [-0.2, -0.15) is 0 Å². The third kappa shape index (κ3) is 3.79. The summed E-state index contributed by atoms with van der Waals surface area (Å²) in [5.41, 5.74) is 1.87. The largest absolute Gasteiger partial charge is 0.442 e. The number of nitrogens with zero attached hydrogens (tertiary/aromatic N) is 2. The summed E-state index contributed by atoms with van der Waals surface area (Å²) < 4.78 is 5.27. The van der Waals surface area contributed by atoms with Gasteiger partial charge in [0.2, 0.25) is 5.91 Å². The molecule has 24 heavy (non-hydrogen) atoms. The SMILES string of the molecule is CC(=O)NC[C@H]1CN(c2ccc(N3CCC(O)CC3)cc2)C(=O)O1. The van der Waals surface area contributed by atoms with Crippen molar-refractivity contribution in [2.24, 2.45) is 0 Å². The zero-order chi connectivity index (χ0) is 17.1. The van der Waals surface area contributed by atoms with E-state index in [0.717, 1.165) is 37.3 Å². The van der Waals surface area contributed by atoms with Crippen molar-refractivity contribution in [1.82, 2.24) is 5.32 Å². The predicted molar refractivity (Wildman–Crippen MR) is 90.2 cm³/mol. The number of hydrogen-bond donors (Lipinski definition) is 2. The van der Waals surface area contributed by atoms with Crippen LogP contribution in [-0.4, -0.2) is 55.5 Å². The molecule has 0 spiro atoms. The van der Waals surface area contributed by atoms with Gasteiger partial charge in [-0.25, -0.2) is 4.79 Å². The van der Waals surface area contributed by atoms with Gasteiger partial charge in [0, 0.05) is 31.4 Å². The number of benzene rings is 1. The highest BCUT2D eigenvalue weighted by Crippen LogP contribution is 2.26. The molecule has 7 nitrogen and oxygen atoms in total. The minimum absolute atomic E-state index is 0.138. The molecule has 3 rings (SSSR count). The van der Waals surface area contributed by atoms with Crippen LogP contribution in [0.5, 0.6) is 0 Å². The van der Waals surface area contributed by atoms with E-state index >= 15 is 0 Å². The highest BCUT2D eigenvalue weighted by atomic mass is 16.6. The molecular formula is C17H23N3O4. The van der Waals surface area contributed by atoms with Crippen LogP contribution in [0.2, 0.25) is 0 Å². The summed E-state index contributed by atoms with van der Waals surface area (Å²) in [6.45, 7) is 3.86. The molecule has 2 amide bonds. The molecule has 2 fully saturated rings. The molecular weight excluding hydrogens is 310 g/mol. The summed E-state index contributed by atoms with van der Waals surface area (Å²) in [4.78, 5) is 26.8. The number of hydrogen-bond acceptors (Lipinski definition) is 5. The Morgan fingerprint density at radius 1 is 1.25 bits per heavy atom. The third-order valence-corrected chi connectivity index (χ3v) is 4.44. The summed E-state index contributed by atoms with van der Waals surface area (Å²) in [7, 11) is 0. The number of cyclic esters (lactones) is 1. The van der Waals surface area contributed by atoms with Gasteiger partial charge in [0.1, 0.15) is 6.10 Å². The molecule has 2 aliphatic heterocycles. The Kier molecular flexibility index (Phi) is 4.89. The number of ether oxygens (including phenoxy) is 1. The number of anilines is 2. The molecule has 1 atom stereocenters. The Morgan fingerprint density at radius 3 is 2.50 bits per heavy atom. The molecule has 0 saturated carbocycles. The van der Waals surface area contributed by atoms with Gasteiger partial charge >= 0.3 is 6.09 Å². The van der Waals surface area contributed by atoms with Crippen LogP contribution in [0.25, 0.3) is 0 Å². The molecule has 1 aromatic rings. The average Bonchev–Trinajstić information content (AvgIpc) is 2.95. The van der Waals surface area contributed by atoms with Gasteiger partial charge < -0.3 is 20.1 Å². The van der Waals surface area contributed by atoms with Gasteiger partial charge in [0.25, 0.3) is 0 Å². The first kappa shape index (κ1) is 16.6. The van der Waals surface area contributed by atoms with E-state index in [9.17, 15) is 14.7 Å². The van der Waals surface area contributed by atoms with E-state index in [4.69, 9.17) is 4.74 Å². The summed E-state index contributed by atoms with van der Waals surface area (Å²) in [6.07, 6.45) is 0.653. The average molecular weight is 333 g/mol. The summed E-state index contributed by atoms with van der Waals surface area (Å²) in [5.74, 6) is -0.138. The molecule has 1 aromatic carbocycles. The number of aliphatic hydroxyl groups excluding tert-OH is 1. The Morgan fingerprint density at radius 2 is 1.88 bits per heavy atom. The zero-order valence-electron chi connectivity index (χ0n) is 13.8. The standard InChI is InChI=1S/C17H23N3O4/c1-12(21)18-10-16-11-20(17(23)24-16)14-4-2-13(3-5-14)19-8-6-15(22)7-9-19/h2-5,15-16,22H,6-11H2,1H3,(H,18,21)/t16-/m0/s1. The predicted octanol–water partition coefficient (Wildman–Crippen LogP) is 1.11. The summed E-state index contributed by atoms with van der Waals surface area (Å²) in [5, 5.41) is 12.2. The smallest absolute Gasteiger partial charge is 0.414 e. The fourth-order valence-corrected chi connectivity index (χ4v) is 3.06. The van der Waals surface area contributed by atoms with E-state index in [-0.39, 0.29) is 24.2 Å². The van der Waals surface area contributed by atoms with Crippen molar-refractivity contribution in [2.75, 3.05) is 36.0 Å². The fourth-order valence-electron chi connectivity index (χ4n) is 3.06. The van der Waals surface area contributed by atoms with Gasteiger partial charge in [0.05, 0.1) is 19.2 Å². The number of carbonyl (C=O) groups excluding carboxylic acids is 2. The highest BCUT2D eigenvalue weighted by Gasteiger charge is 2.32. The number of amides is 2. The Labute approximate surface area is 141 Å². The van der Waals surface area contributed by atoms with Crippen LogP contribution in [0, 0.1) is 0 Å². The highest BCUT2D eigenvalue weighted by molar-refractivity contribution is 5.90. The lowest BCUT2D eigenvalue weighted by Crippen LogP contribution is -2.35. The van der Waals surface area contributed by atoms with Gasteiger partial charge in [-0.05, 0) is 37.1 Å². The maximum absolute atomic E-state index is 12.0. The first-order valence-electron chi connectivity index (χ1n) is 8.28. The molecule has 0 unspecified atom stereocenters. The molecule has 2 aliphatic rings. The number of piperidine rings is 1. The third-order valence-electron chi connectivity index (χ3n) is 4.44. The number of nitrogens with one attached hydrogen (secondary N) is 1. The van der Waals surface area contributed by atoms with E-state index in [2.05, 4.69) is 10.2 Å². The second kappa shape index (κ2) is 7.09. The topological polar surface area (TPSA) is 82.1 Å². The van der Waals surface area contributed by atoms with Crippen molar-refractivity contribution in [1.29, 1.82) is 0 Å². The van der Waals surface area contributed by atoms with Crippen molar-refractivity contribution in [3.05, 3.63) is 24.3 Å². The lowest BCUT2D eigenvalue weighted by Gasteiger charge is -2.31. The molecule has 0 aromatic heterocycles. The van der Waals surface area contributed by atoms with Crippen LogP contribution in [-0.2, 0) is 9.53 Å². The van der Waals surface area contributed by atoms with E-state index in [0.29, 0.717) is 13.1 Å². The molecule has 2 N–H and O–H groups in total. The van der Waals surface area contributed by atoms with Crippen LogP contribution >= 0.6 is 0 Å². The van der Waals surface area contributed by atoms with Crippen LogP contribution in [0.3, 0.4) is 0 Å². The molecule has 130 valence electrons. The monoisotopic (exact) mass is 333 g/mol. The first-order chi connectivity index (χ1) is 11.5. The van der Waals surface area contributed by atoms with Crippen molar-refractivity contribution < 1.29 is 19.4 Å². The number of rotatable bonds is 4. The Hall–Kier alpha value is -2.28. The second-order valence-corrected chi connectivity index (χ2v) is 6.29. The minimum atomic E-state index is -0.390. The molecule has 0 aliphatic carbocycles. The van der Waals surface area contributed by atoms with Gasteiger partial charge in [-0.3, -0.25) is 9.69 Å². The lowest BCUT2D eigenvalue weighted by molar-refractivity contribution is -0.119. The molecule has 0 radical (unpaired) electrons. The van der Waals surface area contributed by atoms with E-state index < -0.39 is 0 Å². The zero-order valence-corrected chi connectivity index (χ0v) is 13.8. The fraction of sp³-hybridized carbons (Fsp3) is 0.529. The first-order valence-corrected chi connectivity index (χ1v) is 8.28. The normalized spacial score (nSPS) is 21.8. The van der Waals surface area contributed by atoms with Crippen LogP contribution in [0.4, 0.5) is 16.2 Å². The van der Waals surface area contributed by atoms with Gasteiger partial charge in [0.15, 0.2) is 0 Å². The van der Waals surface area contributed by atoms with Crippen LogP contribution in [0.15, 0.2) is 24.3 Å². The number of carbonyl (C=O) groups is 2. The van der Waals surface area contributed by atoms with Crippen molar-refractivity contribution >= 4 is 23.4 Å². The molecule has 7 heteroatoms. The maximum atomic E-state index is 12.0. The maximum Gasteiger partial charge on any atom is 0.414 e. The van der Waals surface area contributed by atoms with E-state index in [1.807, 2.05) is 24.3 Å². The molecule has 2 heterocycles. The summed E-state index contributed by atoms with van der Waals surface area (Å²) >= 11 is 0. The van der Waals surface area contributed by atoms with Crippen molar-refractivity contribution in [3.8, 4) is 0 Å². The van der Waals surface area contributed by atoms with Crippen molar-refractivity contribution in [3.63, 3.8) is 0 Å². The quantitative estimate of drug-likeness (QED) is 0.862.